The predicted octanol–water partition coefficient (Wildman–Crippen LogP) is 3.65. The molecule has 6 heteroatoms. The Morgan fingerprint density at radius 2 is 1.71 bits per heavy atom. The fourth-order valence-electron chi connectivity index (χ4n) is 3.08. The Hall–Kier alpha value is -3.28. The molecular weight excluding hydrogens is 362 g/mol. The van der Waals surface area contributed by atoms with E-state index in [9.17, 15) is 18.4 Å². The van der Waals surface area contributed by atoms with E-state index in [1.54, 1.807) is 6.92 Å². The maximum absolute atomic E-state index is 13.8. The molecule has 0 aromatic heterocycles. The van der Waals surface area contributed by atoms with E-state index in [1.807, 2.05) is 42.5 Å². The quantitative estimate of drug-likeness (QED) is 0.684. The first kappa shape index (κ1) is 19.5. The van der Waals surface area contributed by atoms with Crippen LogP contribution in [-0.2, 0) is 16.0 Å². The molecule has 0 unspecified atom stereocenters. The van der Waals surface area contributed by atoms with Gasteiger partial charge in [0.1, 0.15) is 11.6 Å². The van der Waals surface area contributed by atoms with Crippen LogP contribution in [0.2, 0.25) is 0 Å². The Morgan fingerprint density at radius 3 is 2.50 bits per heavy atom. The van der Waals surface area contributed by atoms with Crippen molar-refractivity contribution in [3.8, 4) is 0 Å². The Morgan fingerprint density at radius 1 is 0.964 bits per heavy atom. The largest absolute Gasteiger partial charge is 0.348 e. The number of fused-ring (bicyclic) bond motifs is 1. The van der Waals surface area contributed by atoms with Crippen LogP contribution in [0.4, 0.5) is 8.78 Å². The van der Waals surface area contributed by atoms with Crippen molar-refractivity contribution >= 4 is 22.6 Å². The Labute approximate surface area is 161 Å². The van der Waals surface area contributed by atoms with E-state index in [0.29, 0.717) is 0 Å². The minimum Gasteiger partial charge on any atom is -0.348 e. The third-order valence-electron chi connectivity index (χ3n) is 4.48. The van der Waals surface area contributed by atoms with E-state index in [1.165, 1.54) is 6.07 Å². The van der Waals surface area contributed by atoms with Crippen LogP contribution >= 0.6 is 0 Å². The van der Waals surface area contributed by atoms with Gasteiger partial charge in [-0.15, -0.1) is 0 Å². The number of carbonyl (C=O) groups excluding carboxylic acids is 2. The molecule has 0 bridgehead atoms. The van der Waals surface area contributed by atoms with Crippen molar-refractivity contribution in [2.75, 3.05) is 6.54 Å². The molecule has 0 aliphatic heterocycles. The van der Waals surface area contributed by atoms with Crippen LogP contribution in [0, 0.1) is 11.6 Å². The van der Waals surface area contributed by atoms with E-state index < -0.39 is 23.6 Å². The van der Waals surface area contributed by atoms with Crippen LogP contribution in [0.5, 0.6) is 0 Å². The highest BCUT2D eigenvalue weighted by atomic mass is 19.1. The second-order valence-corrected chi connectivity index (χ2v) is 6.55. The van der Waals surface area contributed by atoms with Gasteiger partial charge in [0.15, 0.2) is 0 Å². The molecule has 2 N–H and O–H groups in total. The molecule has 0 saturated carbocycles. The van der Waals surface area contributed by atoms with Crippen molar-refractivity contribution in [1.29, 1.82) is 0 Å². The maximum Gasteiger partial charge on any atom is 0.239 e. The third-order valence-corrected chi connectivity index (χ3v) is 4.48. The lowest BCUT2D eigenvalue weighted by atomic mass is 10.0. The first-order chi connectivity index (χ1) is 13.4. The van der Waals surface area contributed by atoms with Gasteiger partial charge < -0.3 is 10.6 Å². The summed E-state index contributed by atoms with van der Waals surface area (Å²) in [7, 11) is 0. The van der Waals surface area contributed by atoms with E-state index in [-0.39, 0.29) is 24.4 Å². The van der Waals surface area contributed by atoms with Gasteiger partial charge in [-0.2, -0.15) is 0 Å². The zero-order chi connectivity index (χ0) is 20.1. The number of hydrogen-bond acceptors (Lipinski definition) is 2. The van der Waals surface area contributed by atoms with Crippen molar-refractivity contribution in [3.05, 3.63) is 83.4 Å². The molecule has 0 heterocycles. The average molecular weight is 382 g/mol. The minimum absolute atomic E-state index is 0.150. The summed E-state index contributed by atoms with van der Waals surface area (Å²) in [6.45, 7) is 1.36. The number of carbonyl (C=O) groups is 2. The van der Waals surface area contributed by atoms with Gasteiger partial charge in [0.2, 0.25) is 11.8 Å². The molecule has 1 atom stereocenters. The Kier molecular flexibility index (Phi) is 5.99. The SMILES string of the molecule is C[C@@H](NC(=O)CNC(=O)Cc1cccc2ccccc12)c1ccc(F)cc1F. The lowest BCUT2D eigenvalue weighted by Gasteiger charge is -2.15. The molecule has 4 nitrogen and oxygen atoms in total. The van der Waals surface area contributed by atoms with Crippen molar-refractivity contribution in [3.63, 3.8) is 0 Å². The first-order valence-electron chi connectivity index (χ1n) is 8.91. The van der Waals surface area contributed by atoms with Crippen LogP contribution in [0.1, 0.15) is 24.1 Å². The molecule has 144 valence electrons. The smallest absolute Gasteiger partial charge is 0.239 e. The molecule has 0 fully saturated rings. The summed E-state index contributed by atoms with van der Waals surface area (Å²) in [5.74, 6) is -2.15. The average Bonchev–Trinajstić information content (AvgIpc) is 2.66. The summed E-state index contributed by atoms with van der Waals surface area (Å²) < 4.78 is 26.8. The van der Waals surface area contributed by atoms with Gasteiger partial charge in [0.05, 0.1) is 19.0 Å². The van der Waals surface area contributed by atoms with Crippen molar-refractivity contribution in [2.45, 2.75) is 19.4 Å². The highest BCUT2D eigenvalue weighted by molar-refractivity contribution is 5.91. The lowest BCUT2D eigenvalue weighted by molar-refractivity contribution is -0.126. The molecule has 3 aromatic rings. The summed E-state index contributed by atoms with van der Waals surface area (Å²) >= 11 is 0. The standard InChI is InChI=1S/C22H20F2N2O2/c1-14(18-10-9-17(23)12-20(18)24)26-22(28)13-25-21(27)11-16-7-4-6-15-5-2-3-8-19(15)16/h2-10,12,14H,11,13H2,1H3,(H,25,27)(H,26,28)/t14-/m1/s1. The molecule has 0 radical (unpaired) electrons. The van der Waals surface area contributed by atoms with Gasteiger partial charge in [-0.25, -0.2) is 8.78 Å². The number of hydrogen-bond donors (Lipinski definition) is 2. The Balaban J connectivity index is 1.54. The van der Waals surface area contributed by atoms with E-state index in [4.69, 9.17) is 0 Å². The van der Waals surface area contributed by atoms with Crippen LogP contribution < -0.4 is 10.6 Å². The van der Waals surface area contributed by atoms with Gasteiger partial charge in [-0.05, 0) is 29.3 Å². The summed E-state index contributed by atoms with van der Waals surface area (Å²) in [5.41, 5.74) is 1.05. The monoisotopic (exact) mass is 382 g/mol. The maximum atomic E-state index is 13.8. The molecule has 28 heavy (non-hydrogen) atoms. The number of halogens is 2. The van der Waals surface area contributed by atoms with Crippen molar-refractivity contribution < 1.29 is 18.4 Å². The third kappa shape index (κ3) is 4.71. The molecule has 0 spiro atoms. The molecular formula is C22H20F2N2O2. The van der Waals surface area contributed by atoms with Gasteiger partial charge >= 0.3 is 0 Å². The lowest BCUT2D eigenvalue weighted by Crippen LogP contribution is -2.38. The number of benzene rings is 3. The number of amides is 2. The van der Waals surface area contributed by atoms with Gasteiger partial charge in [0.25, 0.3) is 0 Å². The second kappa shape index (κ2) is 8.61. The molecule has 0 aliphatic rings. The van der Waals surface area contributed by atoms with Gasteiger partial charge in [-0.1, -0.05) is 48.5 Å². The molecule has 0 aliphatic carbocycles. The molecule has 2 amide bonds. The fourth-order valence-corrected chi connectivity index (χ4v) is 3.08. The topological polar surface area (TPSA) is 58.2 Å². The molecule has 3 aromatic carbocycles. The van der Waals surface area contributed by atoms with Crippen molar-refractivity contribution in [2.24, 2.45) is 0 Å². The van der Waals surface area contributed by atoms with Gasteiger partial charge in [-0.3, -0.25) is 9.59 Å². The number of rotatable bonds is 6. The van der Waals surface area contributed by atoms with E-state index in [0.717, 1.165) is 28.5 Å². The van der Waals surface area contributed by atoms with Gasteiger partial charge in [0, 0.05) is 11.6 Å². The first-order valence-corrected chi connectivity index (χ1v) is 8.91. The number of nitrogens with one attached hydrogen (secondary N) is 2. The zero-order valence-electron chi connectivity index (χ0n) is 15.3. The van der Waals surface area contributed by atoms with E-state index in [2.05, 4.69) is 10.6 Å². The Bertz CT molecular complexity index is 1020. The van der Waals surface area contributed by atoms with Crippen LogP contribution in [0.25, 0.3) is 10.8 Å². The summed E-state index contributed by atoms with van der Waals surface area (Å²) in [6.07, 6.45) is 0.150. The summed E-state index contributed by atoms with van der Waals surface area (Å²) in [4.78, 5) is 24.3. The van der Waals surface area contributed by atoms with Crippen molar-refractivity contribution in [1.82, 2.24) is 10.6 Å². The zero-order valence-corrected chi connectivity index (χ0v) is 15.3. The fraction of sp³-hybridized carbons (Fsp3) is 0.182. The molecule has 0 saturated heterocycles. The van der Waals surface area contributed by atoms with Crippen LogP contribution in [0.15, 0.2) is 60.7 Å². The second-order valence-electron chi connectivity index (χ2n) is 6.55. The molecule has 3 rings (SSSR count). The predicted molar refractivity (Wildman–Crippen MR) is 104 cm³/mol. The van der Waals surface area contributed by atoms with E-state index >= 15 is 0 Å². The van der Waals surface area contributed by atoms with Crippen LogP contribution in [0.3, 0.4) is 0 Å². The normalized spacial score (nSPS) is 11.8. The summed E-state index contributed by atoms with van der Waals surface area (Å²) in [6, 6.07) is 16.0. The highest BCUT2D eigenvalue weighted by Crippen LogP contribution is 2.19. The highest BCUT2D eigenvalue weighted by Gasteiger charge is 2.15. The summed E-state index contributed by atoms with van der Waals surface area (Å²) in [5, 5.41) is 7.19. The van der Waals surface area contributed by atoms with Crippen LogP contribution in [-0.4, -0.2) is 18.4 Å². The minimum atomic E-state index is -0.729.